The fraction of sp³-hybridized carbons (Fsp3) is 0.143. The Bertz CT molecular complexity index is 318. The number of anilines is 1. The van der Waals surface area contributed by atoms with Gasteiger partial charge in [-0.15, -0.1) is 0 Å². The van der Waals surface area contributed by atoms with Gasteiger partial charge in [0.15, 0.2) is 0 Å². The van der Waals surface area contributed by atoms with E-state index in [9.17, 15) is 0 Å². The van der Waals surface area contributed by atoms with E-state index in [-0.39, 0.29) is 5.50 Å². The smallest absolute Gasteiger partial charge is 0.145 e. The molecule has 64 valence electrons. The molecule has 0 bridgehead atoms. The third-order valence-electron chi connectivity index (χ3n) is 1.63. The molecule has 5 heteroatoms. The zero-order valence-corrected chi connectivity index (χ0v) is 8.33. The van der Waals surface area contributed by atoms with Gasteiger partial charge in [0.05, 0.1) is 10.7 Å². The lowest BCUT2D eigenvalue weighted by Crippen LogP contribution is -2.27. The Morgan fingerprint density at radius 1 is 1.50 bits per heavy atom. The minimum absolute atomic E-state index is 0.235. The van der Waals surface area contributed by atoms with E-state index in [1.165, 1.54) is 16.2 Å². The van der Waals surface area contributed by atoms with E-state index >= 15 is 0 Å². The summed E-state index contributed by atoms with van der Waals surface area (Å²) in [4.78, 5) is 1.03. The Balaban J connectivity index is 2.55. The molecule has 2 N–H and O–H groups in total. The Morgan fingerprint density at radius 3 is 2.92 bits per heavy atom. The highest BCUT2D eigenvalue weighted by molar-refractivity contribution is 8.00. The van der Waals surface area contributed by atoms with Crippen LogP contribution in [-0.2, 0) is 0 Å². The van der Waals surface area contributed by atoms with Crippen molar-refractivity contribution in [1.29, 1.82) is 0 Å². The zero-order chi connectivity index (χ0) is 8.72. The number of benzene rings is 1. The van der Waals surface area contributed by atoms with E-state index < -0.39 is 0 Å². The van der Waals surface area contributed by atoms with Crippen molar-refractivity contribution in [1.82, 2.24) is 0 Å². The molecule has 2 rings (SSSR count). The van der Waals surface area contributed by atoms with Crippen molar-refractivity contribution in [3.05, 3.63) is 23.2 Å². The van der Waals surface area contributed by atoms with Gasteiger partial charge in [-0.25, -0.2) is 0 Å². The third kappa shape index (κ3) is 1.17. The van der Waals surface area contributed by atoms with Gasteiger partial charge in [0, 0.05) is 16.7 Å². The fourth-order valence-corrected chi connectivity index (χ4v) is 2.75. The minimum atomic E-state index is -0.235. The molecular weight excluding hydrogens is 215 g/mol. The van der Waals surface area contributed by atoms with Gasteiger partial charge in [0.1, 0.15) is 5.50 Å². The van der Waals surface area contributed by atoms with Crippen molar-refractivity contribution < 1.29 is 0 Å². The Labute approximate surface area is 84.7 Å². The molecule has 2 nitrogen and oxygen atoms in total. The minimum Gasteiger partial charge on any atom is -0.301 e. The molecule has 1 unspecified atom stereocenters. The van der Waals surface area contributed by atoms with Crippen LogP contribution in [0, 0.1) is 0 Å². The largest absolute Gasteiger partial charge is 0.301 e. The lowest BCUT2D eigenvalue weighted by molar-refractivity contribution is 0.991. The second-order valence-electron chi connectivity index (χ2n) is 2.41. The number of fused-ring (bicyclic) bond motifs is 1. The summed E-state index contributed by atoms with van der Waals surface area (Å²) in [6.07, 6.45) is 0. The van der Waals surface area contributed by atoms with Crippen LogP contribution in [0.1, 0.15) is 0 Å². The number of nitrogens with zero attached hydrogens (tertiary/aromatic N) is 1. The summed E-state index contributed by atoms with van der Waals surface area (Å²) in [7, 11) is 0. The van der Waals surface area contributed by atoms with Crippen molar-refractivity contribution in [2.75, 3.05) is 4.42 Å². The summed E-state index contributed by atoms with van der Waals surface area (Å²) in [6.45, 7) is 0. The number of para-hydroxylation sites is 1. The van der Waals surface area contributed by atoms with Gasteiger partial charge in [-0.2, -0.15) is 0 Å². The van der Waals surface area contributed by atoms with Crippen LogP contribution in [0.2, 0.25) is 5.02 Å². The summed E-state index contributed by atoms with van der Waals surface area (Å²) < 4.78 is 1.46. The van der Waals surface area contributed by atoms with E-state index in [2.05, 4.69) is 0 Å². The molecule has 12 heavy (non-hydrogen) atoms. The molecule has 0 fully saturated rings. The highest BCUT2D eigenvalue weighted by atomic mass is 35.5. The second-order valence-corrected chi connectivity index (χ2v) is 4.34. The Hall–Kier alpha value is -0.0900. The first-order chi connectivity index (χ1) is 5.70. The van der Waals surface area contributed by atoms with Crippen LogP contribution in [0.15, 0.2) is 23.1 Å². The summed E-state index contributed by atoms with van der Waals surface area (Å²) in [6, 6.07) is 5.64. The first-order valence-electron chi connectivity index (χ1n) is 3.36. The first-order valence-corrected chi connectivity index (χ1v) is 4.95. The van der Waals surface area contributed by atoms with E-state index in [0.29, 0.717) is 5.02 Å². The lowest BCUT2D eigenvalue weighted by Gasteiger charge is -2.13. The number of halogens is 2. The fourth-order valence-electron chi connectivity index (χ4n) is 1.10. The van der Waals surface area contributed by atoms with Gasteiger partial charge in [0.25, 0.3) is 0 Å². The van der Waals surface area contributed by atoms with E-state index in [0.717, 1.165) is 10.6 Å². The Morgan fingerprint density at radius 2 is 2.25 bits per heavy atom. The van der Waals surface area contributed by atoms with Gasteiger partial charge < -0.3 is 5.73 Å². The maximum atomic E-state index is 5.93. The third-order valence-corrected chi connectivity index (χ3v) is 3.47. The average Bonchev–Trinajstić information content (AvgIpc) is 2.29. The maximum Gasteiger partial charge on any atom is 0.145 e. The lowest BCUT2D eigenvalue weighted by atomic mass is 10.3. The molecule has 1 aromatic carbocycles. The average molecular weight is 221 g/mol. The van der Waals surface area contributed by atoms with Crippen LogP contribution < -0.4 is 10.2 Å². The number of rotatable bonds is 0. The molecule has 1 atom stereocenters. The number of hydrogen-bond acceptors (Lipinski definition) is 3. The summed E-state index contributed by atoms with van der Waals surface area (Å²) >= 11 is 13.3. The summed E-state index contributed by atoms with van der Waals surface area (Å²) in [5.74, 6) is 0. The predicted octanol–water partition coefficient (Wildman–Crippen LogP) is 2.65. The van der Waals surface area contributed by atoms with Gasteiger partial charge >= 0.3 is 0 Å². The van der Waals surface area contributed by atoms with Gasteiger partial charge in [-0.05, 0) is 12.1 Å². The molecule has 0 radical (unpaired) electrons. The van der Waals surface area contributed by atoms with Gasteiger partial charge in [0.2, 0.25) is 0 Å². The normalized spacial score (nSPS) is 21.2. The van der Waals surface area contributed by atoms with Crippen molar-refractivity contribution >= 4 is 40.8 Å². The predicted molar refractivity (Wildman–Crippen MR) is 53.6 cm³/mol. The van der Waals surface area contributed by atoms with Gasteiger partial charge in [-0.3, -0.25) is 4.42 Å². The maximum absolute atomic E-state index is 5.93. The molecule has 1 aromatic rings. The highest BCUT2D eigenvalue weighted by Crippen LogP contribution is 2.46. The van der Waals surface area contributed by atoms with E-state index in [4.69, 9.17) is 29.1 Å². The van der Waals surface area contributed by atoms with Crippen molar-refractivity contribution in [2.45, 2.75) is 10.4 Å². The van der Waals surface area contributed by atoms with Crippen molar-refractivity contribution in [3.63, 3.8) is 0 Å². The number of thioether (sulfide) groups is 1. The quantitative estimate of drug-likeness (QED) is 0.683. The van der Waals surface area contributed by atoms with Crippen LogP contribution in [0.4, 0.5) is 5.69 Å². The molecule has 0 amide bonds. The van der Waals surface area contributed by atoms with Crippen molar-refractivity contribution in [2.24, 2.45) is 5.73 Å². The van der Waals surface area contributed by atoms with E-state index in [1.807, 2.05) is 12.1 Å². The molecule has 0 aliphatic carbocycles. The zero-order valence-electron chi connectivity index (χ0n) is 6.00. The molecule has 0 aromatic heterocycles. The SMILES string of the molecule is NC1Sc2cccc(Cl)c2N1Cl. The first kappa shape index (κ1) is 8.51. The van der Waals surface area contributed by atoms with Crippen LogP contribution in [0.3, 0.4) is 0 Å². The molecule has 1 aliphatic heterocycles. The summed E-state index contributed by atoms with van der Waals surface area (Å²) in [5.41, 5.74) is 6.28. The highest BCUT2D eigenvalue weighted by Gasteiger charge is 2.27. The second kappa shape index (κ2) is 3.00. The van der Waals surface area contributed by atoms with Crippen LogP contribution in [-0.4, -0.2) is 5.50 Å². The number of hydrogen-bond donors (Lipinski definition) is 1. The number of nitrogens with two attached hydrogens (primary N) is 1. The molecule has 0 saturated carbocycles. The molecule has 1 heterocycles. The topological polar surface area (TPSA) is 29.3 Å². The van der Waals surface area contributed by atoms with Crippen LogP contribution in [0.25, 0.3) is 0 Å². The van der Waals surface area contributed by atoms with Crippen molar-refractivity contribution in [3.8, 4) is 0 Å². The molecule has 0 saturated heterocycles. The molecular formula is C7H6Cl2N2S. The summed E-state index contributed by atoms with van der Waals surface area (Å²) in [5, 5.41) is 0.642. The van der Waals surface area contributed by atoms with Gasteiger partial charge in [-0.1, -0.05) is 29.4 Å². The van der Waals surface area contributed by atoms with E-state index in [1.54, 1.807) is 6.07 Å². The van der Waals surface area contributed by atoms with Crippen LogP contribution >= 0.6 is 35.1 Å². The standard InChI is InChI=1S/C7H6Cl2N2S/c8-4-2-1-3-5-6(4)11(9)7(10)12-5/h1-3,7H,10H2. The molecule has 1 aliphatic rings. The van der Waals surface area contributed by atoms with Crippen LogP contribution in [0.5, 0.6) is 0 Å². The molecule has 0 spiro atoms. The monoisotopic (exact) mass is 220 g/mol. The Kier molecular flexibility index (Phi) is 2.12.